The molecular weight excluding hydrogens is 360 g/mol. The van der Waals surface area contributed by atoms with E-state index in [9.17, 15) is 19.2 Å². The Kier molecular flexibility index (Phi) is 4.53. The molecule has 1 N–H and O–H groups in total. The van der Waals surface area contributed by atoms with Crippen LogP contribution in [0.1, 0.15) is 30.6 Å². The monoisotopic (exact) mass is 382 g/mol. The van der Waals surface area contributed by atoms with Crippen molar-refractivity contribution in [2.75, 3.05) is 11.9 Å². The van der Waals surface area contributed by atoms with Gasteiger partial charge in [-0.3, -0.25) is 19.3 Å². The maximum atomic E-state index is 12.8. The van der Waals surface area contributed by atoms with Crippen molar-refractivity contribution in [3.05, 3.63) is 42.0 Å². The molecule has 1 saturated carbocycles. The van der Waals surface area contributed by atoms with Gasteiger partial charge in [0.15, 0.2) is 0 Å². The summed E-state index contributed by atoms with van der Waals surface area (Å²) >= 11 is 0. The Morgan fingerprint density at radius 1 is 1.11 bits per heavy atom. The maximum absolute atomic E-state index is 12.8. The first-order valence-corrected chi connectivity index (χ1v) is 9.55. The van der Waals surface area contributed by atoms with Crippen molar-refractivity contribution in [1.29, 1.82) is 0 Å². The number of hydrogen-bond donors (Lipinski definition) is 1. The van der Waals surface area contributed by atoms with E-state index in [1.54, 1.807) is 38.1 Å². The number of ether oxygens (including phenoxy) is 1. The average Bonchev–Trinajstić information content (AvgIpc) is 3.36. The largest absolute Gasteiger partial charge is 0.462 e. The Hall–Kier alpha value is -2.96. The van der Waals surface area contributed by atoms with Crippen LogP contribution >= 0.6 is 0 Å². The number of esters is 1. The molecular formula is C21H22N2O5. The molecule has 0 aromatic heterocycles. The fourth-order valence-electron chi connectivity index (χ4n) is 4.58. The highest BCUT2D eigenvalue weighted by atomic mass is 16.5. The highest BCUT2D eigenvalue weighted by Gasteiger charge is 2.60. The number of nitrogens with one attached hydrogen (secondary N) is 1. The molecule has 1 saturated heterocycles. The minimum Gasteiger partial charge on any atom is -0.462 e. The van der Waals surface area contributed by atoms with Gasteiger partial charge in [0.25, 0.3) is 0 Å². The van der Waals surface area contributed by atoms with Crippen LogP contribution in [0.2, 0.25) is 0 Å². The van der Waals surface area contributed by atoms with Crippen molar-refractivity contribution >= 4 is 29.4 Å². The molecule has 146 valence electrons. The van der Waals surface area contributed by atoms with Crippen LogP contribution in [0.15, 0.2) is 36.4 Å². The van der Waals surface area contributed by atoms with Crippen LogP contribution in [0.3, 0.4) is 0 Å². The SMILES string of the molecule is CCOC(=O)c1ccc(NC(=O)[C@@H](C)N2C(=O)[C@@H]3[C@H](C2=O)[C@@H]2C=C[C@H]3C2)cc1. The topological polar surface area (TPSA) is 92.8 Å². The number of imide groups is 1. The zero-order valence-electron chi connectivity index (χ0n) is 15.8. The highest BCUT2D eigenvalue weighted by Crippen LogP contribution is 2.52. The van der Waals surface area contributed by atoms with Crippen molar-refractivity contribution in [2.45, 2.75) is 26.3 Å². The number of likely N-dealkylation sites (tertiary alicyclic amines) is 1. The van der Waals surface area contributed by atoms with Gasteiger partial charge in [0.2, 0.25) is 17.7 Å². The molecule has 2 bridgehead atoms. The average molecular weight is 382 g/mol. The Labute approximate surface area is 162 Å². The second-order valence-corrected chi connectivity index (χ2v) is 7.51. The van der Waals surface area contributed by atoms with Crippen LogP contribution in [0.5, 0.6) is 0 Å². The molecule has 4 rings (SSSR count). The second kappa shape index (κ2) is 6.89. The predicted molar refractivity (Wildman–Crippen MR) is 100 cm³/mol. The first kappa shape index (κ1) is 18.4. The molecule has 0 radical (unpaired) electrons. The third-order valence-corrected chi connectivity index (χ3v) is 5.93. The summed E-state index contributed by atoms with van der Waals surface area (Å²) in [6, 6.07) is 5.39. The first-order valence-electron chi connectivity index (χ1n) is 9.55. The summed E-state index contributed by atoms with van der Waals surface area (Å²) in [5, 5.41) is 2.71. The normalized spacial score (nSPS) is 28.4. The lowest BCUT2D eigenvalue weighted by Crippen LogP contribution is -2.46. The number of anilines is 1. The lowest BCUT2D eigenvalue weighted by atomic mass is 9.85. The molecule has 3 aliphatic rings. The van der Waals surface area contributed by atoms with Gasteiger partial charge in [-0.1, -0.05) is 12.2 Å². The highest BCUT2D eigenvalue weighted by molar-refractivity contribution is 6.10. The van der Waals surface area contributed by atoms with E-state index < -0.39 is 17.9 Å². The Morgan fingerprint density at radius 3 is 2.21 bits per heavy atom. The van der Waals surface area contributed by atoms with Crippen LogP contribution in [0, 0.1) is 23.7 Å². The number of amides is 3. The predicted octanol–water partition coefficient (Wildman–Crippen LogP) is 2.00. The minimum absolute atomic E-state index is 0.113. The summed E-state index contributed by atoms with van der Waals surface area (Å²) in [6.07, 6.45) is 4.90. The fraction of sp³-hybridized carbons (Fsp3) is 0.429. The van der Waals surface area contributed by atoms with E-state index in [2.05, 4.69) is 5.32 Å². The summed E-state index contributed by atoms with van der Waals surface area (Å²) in [6.45, 7) is 3.57. The van der Waals surface area contributed by atoms with Crippen LogP contribution in [-0.4, -0.2) is 41.2 Å². The zero-order valence-corrected chi connectivity index (χ0v) is 15.8. The number of carbonyl (C=O) groups is 4. The van der Waals surface area contributed by atoms with E-state index in [-0.39, 0.29) is 42.1 Å². The smallest absolute Gasteiger partial charge is 0.338 e. The number of fused-ring (bicyclic) bond motifs is 5. The number of benzene rings is 1. The number of rotatable bonds is 5. The fourth-order valence-corrected chi connectivity index (χ4v) is 4.58. The summed E-state index contributed by atoms with van der Waals surface area (Å²) in [5.41, 5.74) is 0.861. The summed E-state index contributed by atoms with van der Waals surface area (Å²) in [4.78, 5) is 51.1. The Bertz CT molecular complexity index is 845. The molecule has 1 heterocycles. The van der Waals surface area contributed by atoms with Gasteiger partial charge in [0.05, 0.1) is 24.0 Å². The third kappa shape index (κ3) is 2.82. The van der Waals surface area contributed by atoms with Crippen molar-refractivity contribution < 1.29 is 23.9 Å². The standard InChI is InChI=1S/C21H22N2O5/c1-3-28-21(27)12-6-8-15(9-7-12)22-18(24)11(2)23-19(25)16-13-4-5-14(10-13)17(16)20(23)26/h4-9,11,13-14,16-17H,3,10H2,1-2H3,(H,22,24)/t11-,13-,14+,16-,17+/m1/s1. The summed E-state index contributed by atoms with van der Waals surface area (Å²) in [5.74, 6) is -1.77. The Balaban J connectivity index is 1.43. The van der Waals surface area contributed by atoms with Gasteiger partial charge in [0.1, 0.15) is 6.04 Å². The second-order valence-electron chi connectivity index (χ2n) is 7.51. The molecule has 1 aromatic carbocycles. The lowest BCUT2D eigenvalue weighted by molar-refractivity contribution is -0.146. The van der Waals surface area contributed by atoms with Crippen molar-refractivity contribution in [2.24, 2.45) is 23.7 Å². The number of hydrogen-bond acceptors (Lipinski definition) is 5. The molecule has 5 atom stereocenters. The maximum Gasteiger partial charge on any atom is 0.338 e. The van der Waals surface area contributed by atoms with Crippen LogP contribution in [0.25, 0.3) is 0 Å². The van der Waals surface area contributed by atoms with Crippen LogP contribution < -0.4 is 5.32 Å². The molecule has 0 spiro atoms. The molecule has 7 heteroatoms. The molecule has 2 aliphatic carbocycles. The zero-order chi connectivity index (χ0) is 20.0. The first-order chi connectivity index (χ1) is 13.4. The molecule has 0 unspecified atom stereocenters. The van der Waals surface area contributed by atoms with Crippen LogP contribution in [-0.2, 0) is 19.1 Å². The van der Waals surface area contributed by atoms with Crippen molar-refractivity contribution in [1.82, 2.24) is 4.90 Å². The van der Waals surface area contributed by atoms with Gasteiger partial charge in [-0.05, 0) is 56.4 Å². The summed E-state index contributed by atoms with van der Waals surface area (Å²) in [7, 11) is 0. The van der Waals surface area contributed by atoms with Gasteiger partial charge in [-0.15, -0.1) is 0 Å². The molecule has 1 aromatic rings. The molecule has 1 aliphatic heterocycles. The number of nitrogens with zero attached hydrogens (tertiary/aromatic N) is 1. The molecule has 28 heavy (non-hydrogen) atoms. The van der Waals surface area contributed by atoms with E-state index in [4.69, 9.17) is 4.74 Å². The van der Waals surface area contributed by atoms with Gasteiger partial charge in [0, 0.05) is 5.69 Å². The van der Waals surface area contributed by atoms with E-state index in [0.717, 1.165) is 11.3 Å². The van der Waals surface area contributed by atoms with Gasteiger partial charge in [-0.25, -0.2) is 4.79 Å². The van der Waals surface area contributed by atoms with Crippen molar-refractivity contribution in [3.63, 3.8) is 0 Å². The van der Waals surface area contributed by atoms with E-state index in [1.165, 1.54) is 0 Å². The van der Waals surface area contributed by atoms with Crippen LogP contribution in [0.4, 0.5) is 5.69 Å². The molecule has 2 fully saturated rings. The van der Waals surface area contributed by atoms with Gasteiger partial charge < -0.3 is 10.1 Å². The third-order valence-electron chi connectivity index (χ3n) is 5.93. The summed E-state index contributed by atoms with van der Waals surface area (Å²) < 4.78 is 4.92. The van der Waals surface area contributed by atoms with E-state index in [1.807, 2.05) is 12.2 Å². The number of allylic oxidation sites excluding steroid dienone is 2. The van der Waals surface area contributed by atoms with Crippen molar-refractivity contribution in [3.8, 4) is 0 Å². The van der Waals surface area contributed by atoms with Gasteiger partial charge >= 0.3 is 5.97 Å². The van der Waals surface area contributed by atoms with Gasteiger partial charge in [-0.2, -0.15) is 0 Å². The molecule has 7 nitrogen and oxygen atoms in total. The van der Waals surface area contributed by atoms with E-state index >= 15 is 0 Å². The van der Waals surface area contributed by atoms with E-state index in [0.29, 0.717) is 11.3 Å². The minimum atomic E-state index is -0.894. The Morgan fingerprint density at radius 2 is 1.68 bits per heavy atom. The molecule has 3 amide bonds. The lowest BCUT2D eigenvalue weighted by Gasteiger charge is -2.23. The number of carbonyl (C=O) groups excluding carboxylic acids is 4. The quantitative estimate of drug-likeness (QED) is 0.478.